The van der Waals surface area contributed by atoms with Crippen LogP contribution in [0.1, 0.15) is 23.6 Å². The Balaban J connectivity index is 2.96. The summed E-state index contributed by atoms with van der Waals surface area (Å²) in [6.07, 6.45) is -3.29. The minimum atomic E-state index is -4.32. The maximum Gasteiger partial charge on any atom is 0.416 e. The van der Waals surface area contributed by atoms with Crippen molar-refractivity contribution >= 4 is 6.29 Å². The molecule has 0 saturated carbocycles. The summed E-state index contributed by atoms with van der Waals surface area (Å²) in [7, 11) is 3.57. The second kappa shape index (κ2) is 5.31. The fourth-order valence-corrected chi connectivity index (χ4v) is 1.63. The van der Waals surface area contributed by atoms with Gasteiger partial charge in [-0.3, -0.25) is 0 Å². The third-order valence-electron chi connectivity index (χ3n) is 2.57. The van der Waals surface area contributed by atoms with Crippen LogP contribution in [0.2, 0.25) is 0 Å². The first kappa shape index (κ1) is 13.7. The standard InChI is InChI=1S/C12H14F3NO/c1-16(2)11(7-8-17)9-3-5-10(6-4-9)12(13,14)15/h3-6,8,11H,7H2,1-2H3. The number of alkyl halides is 3. The van der Waals surface area contributed by atoms with Crippen LogP contribution in [0.25, 0.3) is 0 Å². The zero-order valence-corrected chi connectivity index (χ0v) is 9.66. The van der Waals surface area contributed by atoms with Gasteiger partial charge in [0.2, 0.25) is 0 Å². The van der Waals surface area contributed by atoms with E-state index in [1.807, 2.05) is 0 Å². The molecule has 0 N–H and O–H groups in total. The molecule has 0 fully saturated rings. The molecule has 0 bridgehead atoms. The molecule has 0 amide bonds. The molecule has 2 nitrogen and oxygen atoms in total. The molecular weight excluding hydrogens is 231 g/mol. The van der Waals surface area contributed by atoms with Gasteiger partial charge in [0.25, 0.3) is 0 Å². The fourth-order valence-electron chi connectivity index (χ4n) is 1.63. The Bertz CT molecular complexity index is 370. The summed E-state index contributed by atoms with van der Waals surface area (Å²) in [6.45, 7) is 0. The number of hydrogen-bond acceptors (Lipinski definition) is 2. The molecule has 0 heterocycles. The van der Waals surface area contributed by atoms with Gasteiger partial charge in [-0.15, -0.1) is 0 Å². The highest BCUT2D eigenvalue weighted by Gasteiger charge is 2.30. The molecule has 1 aromatic rings. The lowest BCUT2D eigenvalue weighted by atomic mass is 10.0. The van der Waals surface area contributed by atoms with Crippen LogP contribution in [0, 0.1) is 0 Å². The quantitative estimate of drug-likeness (QED) is 0.760. The molecule has 17 heavy (non-hydrogen) atoms. The number of nitrogens with zero attached hydrogens (tertiary/aromatic N) is 1. The molecule has 0 radical (unpaired) electrons. The highest BCUT2D eigenvalue weighted by molar-refractivity contribution is 5.51. The van der Waals surface area contributed by atoms with Crippen molar-refractivity contribution < 1.29 is 18.0 Å². The van der Waals surface area contributed by atoms with E-state index in [0.717, 1.165) is 18.4 Å². The van der Waals surface area contributed by atoms with E-state index in [2.05, 4.69) is 0 Å². The van der Waals surface area contributed by atoms with Gasteiger partial charge in [-0.1, -0.05) is 12.1 Å². The normalized spacial score (nSPS) is 13.8. The Morgan fingerprint density at radius 2 is 1.76 bits per heavy atom. The van der Waals surface area contributed by atoms with Crippen molar-refractivity contribution in [2.75, 3.05) is 14.1 Å². The minimum Gasteiger partial charge on any atom is -0.303 e. The van der Waals surface area contributed by atoms with E-state index in [1.54, 1.807) is 19.0 Å². The van der Waals surface area contributed by atoms with E-state index < -0.39 is 11.7 Å². The van der Waals surface area contributed by atoms with E-state index in [0.29, 0.717) is 5.56 Å². The smallest absolute Gasteiger partial charge is 0.303 e. The Morgan fingerprint density at radius 1 is 1.24 bits per heavy atom. The Hall–Kier alpha value is -1.36. The third kappa shape index (κ3) is 3.56. The Morgan fingerprint density at radius 3 is 2.12 bits per heavy atom. The zero-order chi connectivity index (χ0) is 13.1. The van der Waals surface area contributed by atoms with E-state index in [4.69, 9.17) is 0 Å². The highest BCUT2D eigenvalue weighted by Crippen LogP contribution is 2.30. The van der Waals surface area contributed by atoms with Crippen molar-refractivity contribution in [3.8, 4) is 0 Å². The Labute approximate surface area is 98.0 Å². The number of rotatable bonds is 4. The first-order valence-corrected chi connectivity index (χ1v) is 5.13. The van der Waals surface area contributed by atoms with Crippen LogP contribution < -0.4 is 0 Å². The van der Waals surface area contributed by atoms with Gasteiger partial charge in [-0.2, -0.15) is 13.2 Å². The first-order valence-electron chi connectivity index (χ1n) is 5.13. The predicted molar refractivity (Wildman–Crippen MR) is 58.6 cm³/mol. The fraction of sp³-hybridized carbons (Fsp3) is 0.417. The number of carbonyl (C=O) groups excluding carboxylic acids is 1. The van der Waals surface area contributed by atoms with Crippen molar-refractivity contribution in [3.05, 3.63) is 35.4 Å². The molecule has 0 aliphatic heterocycles. The predicted octanol–water partition coefficient (Wildman–Crippen LogP) is 2.90. The van der Waals surface area contributed by atoms with Crippen molar-refractivity contribution in [1.29, 1.82) is 0 Å². The van der Waals surface area contributed by atoms with Crippen molar-refractivity contribution in [2.24, 2.45) is 0 Å². The molecule has 94 valence electrons. The molecule has 5 heteroatoms. The second-order valence-corrected chi connectivity index (χ2v) is 4.00. The molecule has 0 saturated heterocycles. The molecule has 0 spiro atoms. The van der Waals surface area contributed by atoms with Gasteiger partial charge in [-0.25, -0.2) is 0 Å². The average molecular weight is 245 g/mol. The van der Waals surface area contributed by atoms with E-state index in [9.17, 15) is 18.0 Å². The number of carbonyl (C=O) groups is 1. The van der Waals surface area contributed by atoms with Gasteiger partial charge in [0, 0.05) is 12.5 Å². The SMILES string of the molecule is CN(C)C(CC=O)c1ccc(C(F)(F)F)cc1. The maximum absolute atomic E-state index is 12.4. The second-order valence-electron chi connectivity index (χ2n) is 4.00. The number of benzene rings is 1. The maximum atomic E-state index is 12.4. The summed E-state index contributed by atoms with van der Waals surface area (Å²) < 4.78 is 37.1. The van der Waals surface area contributed by atoms with Gasteiger partial charge >= 0.3 is 6.18 Å². The van der Waals surface area contributed by atoms with Crippen LogP contribution in [-0.4, -0.2) is 25.3 Å². The molecule has 1 aromatic carbocycles. The van der Waals surface area contributed by atoms with Crippen LogP contribution in [0.5, 0.6) is 0 Å². The van der Waals surface area contributed by atoms with E-state index in [-0.39, 0.29) is 12.5 Å². The topological polar surface area (TPSA) is 20.3 Å². The Kier molecular flexibility index (Phi) is 4.28. The van der Waals surface area contributed by atoms with Crippen LogP contribution in [0.3, 0.4) is 0 Å². The number of aldehydes is 1. The summed E-state index contributed by atoms with van der Waals surface area (Å²) in [5.74, 6) is 0. The summed E-state index contributed by atoms with van der Waals surface area (Å²) in [5.41, 5.74) is 0.0277. The highest BCUT2D eigenvalue weighted by atomic mass is 19.4. The lowest BCUT2D eigenvalue weighted by Gasteiger charge is -2.23. The number of hydrogen-bond donors (Lipinski definition) is 0. The lowest BCUT2D eigenvalue weighted by molar-refractivity contribution is -0.137. The van der Waals surface area contributed by atoms with Crippen molar-refractivity contribution in [1.82, 2.24) is 4.90 Å². The summed E-state index contributed by atoms with van der Waals surface area (Å²) in [4.78, 5) is 12.3. The van der Waals surface area contributed by atoms with Gasteiger partial charge in [0.1, 0.15) is 6.29 Å². The van der Waals surface area contributed by atoms with Gasteiger partial charge < -0.3 is 9.69 Å². The zero-order valence-electron chi connectivity index (χ0n) is 9.66. The van der Waals surface area contributed by atoms with Crippen LogP contribution in [-0.2, 0) is 11.0 Å². The molecule has 0 aromatic heterocycles. The van der Waals surface area contributed by atoms with Crippen LogP contribution in [0.15, 0.2) is 24.3 Å². The molecule has 1 atom stereocenters. The van der Waals surface area contributed by atoms with E-state index in [1.165, 1.54) is 12.1 Å². The largest absolute Gasteiger partial charge is 0.416 e. The van der Waals surface area contributed by atoms with Gasteiger partial charge in [-0.05, 0) is 31.8 Å². The van der Waals surface area contributed by atoms with Crippen LogP contribution >= 0.6 is 0 Å². The van der Waals surface area contributed by atoms with Gasteiger partial charge in [0.05, 0.1) is 5.56 Å². The lowest BCUT2D eigenvalue weighted by Crippen LogP contribution is -2.20. The minimum absolute atomic E-state index is 0.185. The summed E-state index contributed by atoms with van der Waals surface area (Å²) in [6, 6.07) is 4.72. The monoisotopic (exact) mass is 245 g/mol. The molecule has 0 aliphatic carbocycles. The van der Waals surface area contributed by atoms with Crippen molar-refractivity contribution in [2.45, 2.75) is 18.6 Å². The molecule has 1 unspecified atom stereocenters. The summed E-state index contributed by atoms with van der Waals surface area (Å²) in [5, 5.41) is 0. The molecule has 1 rings (SSSR count). The van der Waals surface area contributed by atoms with Crippen molar-refractivity contribution in [3.63, 3.8) is 0 Å². The molecule has 0 aliphatic rings. The third-order valence-corrected chi connectivity index (χ3v) is 2.57. The summed E-state index contributed by atoms with van der Waals surface area (Å²) >= 11 is 0. The van der Waals surface area contributed by atoms with Gasteiger partial charge in [0.15, 0.2) is 0 Å². The average Bonchev–Trinajstić information content (AvgIpc) is 2.24. The number of halogens is 3. The first-order chi connectivity index (χ1) is 7.86. The molecular formula is C12H14F3NO. The van der Waals surface area contributed by atoms with E-state index >= 15 is 0 Å². The van der Waals surface area contributed by atoms with Crippen LogP contribution in [0.4, 0.5) is 13.2 Å².